The van der Waals surface area contributed by atoms with E-state index in [1.165, 1.54) is 0 Å². The van der Waals surface area contributed by atoms with Gasteiger partial charge in [-0.3, -0.25) is 5.41 Å². The molecule has 1 aromatic rings. The van der Waals surface area contributed by atoms with Crippen molar-refractivity contribution in [3.8, 4) is 0 Å². The van der Waals surface area contributed by atoms with Crippen LogP contribution < -0.4 is 10.6 Å². The van der Waals surface area contributed by atoms with Crippen molar-refractivity contribution >= 4 is 11.7 Å². The van der Waals surface area contributed by atoms with Gasteiger partial charge in [0.25, 0.3) is 0 Å². The fourth-order valence-corrected chi connectivity index (χ4v) is 2.31. The molecule has 1 aromatic heterocycles. The molecule has 0 saturated carbocycles. The van der Waals surface area contributed by atoms with Crippen LogP contribution in [0.2, 0.25) is 0 Å². The van der Waals surface area contributed by atoms with Gasteiger partial charge in [0.2, 0.25) is 0 Å². The number of rotatable bonds is 4. The Morgan fingerprint density at radius 3 is 2.83 bits per heavy atom. The van der Waals surface area contributed by atoms with Crippen LogP contribution in [0.15, 0.2) is 18.2 Å². The quantitative estimate of drug-likeness (QED) is 0.620. The Balaban J connectivity index is 2.01. The SMILES string of the molecule is COCC1CCN(c2cccc(C(=N)N)n2)CC1. The summed E-state index contributed by atoms with van der Waals surface area (Å²) in [5.74, 6) is 1.59. The van der Waals surface area contributed by atoms with E-state index in [0.717, 1.165) is 38.4 Å². The molecule has 0 unspecified atom stereocenters. The molecule has 0 amide bonds. The number of aromatic nitrogens is 1. The van der Waals surface area contributed by atoms with Gasteiger partial charge in [0.1, 0.15) is 17.3 Å². The zero-order chi connectivity index (χ0) is 13.0. The molecule has 0 spiro atoms. The van der Waals surface area contributed by atoms with Crippen LogP contribution in [-0.2, 0) is 4.74 Å². The highest BCUT2D eigenvalue weighted by Crippen LogP contribution is 2.22. The van der Waals surface area contributed by atoms with E-state index in [-0.39, 0.29) is 5.84 Å². The molecule has 0 radical (unpaired) electrons. The molecule has 98 valence electrons. The molecule has 0 aliphatic carbocycles. The van der Waals surface area contributed by atoms with Crippen molar-refractivity contribution in [3.63, 3.8) is 0 Å². The monoisotopic (exact) mass is 248 g/mol. The highest BCUT2D eigenvalue weighted by Gasteiger charge is 2.20. The summed E-state index contributed by atoms with van der Waals surface area (Å²) < 4.78 is 5.19. The number of pyridine rings is 1. The predicted octanol–water partition coefficient (Wildman–Crippen LogP) is 1.23. The van der Waals surface area contributed by atoms with Crippen LogP contribution in [0, 0.1) is 11.3 Å². The second kappa shape index (κ2) is 5.82. The lowest BCUT2D eigenvalue weighted by molar-refractivity contribution is 0.139. The molecule has 2 heterocycles. The molecular weight excluding hydrogens is 228 g/mol. The highest BCUT2D eigenvalue weighted by molar-refractivity contribution is 5.93. The molecule has 1 saturated heterocycles. The van der Waals surface area contributed by atoms with E-state index in [0.29, 0.717) is 11.6 Å². The summed E-state index contributed by atoms with van der Waals surface area (Å²) >= 11 is 0. The van der Waals surface area contributed by atoms with Gasteiger partial charge in [0.05, 0.1) is 0 Å². The number of hydrogen-bond donors (Lipinski definition) is 2. The number of methoxy groups -OCH3 is 1. The molecule has 18 heavy (non-hydrogen) atoms. The minimum absolute atomic E-state index is 0.0196. The third kappa shape index (κ3) is 2.98. The van der Waals surface area contributed by atoms with Gasteiger partial charge < -0.3 is 15.4 Å². The van der Waals surface area contributed by atoms with Crippen LogP contribution in [0.1, 0.15) is 18.5 Å². The number of nitrogens with zero attached hydrogens (tertiary/aromatic N) is 2. The summed E-state index contributed by atoms with van der Waals surface area (Å²) in [6.07, 6.45) is 2.25. The first-order chi connectivity index (χ1) is 8.70. The van der Waals surface area contributed by atoms with Gasteiger partial charge in [-0.25, -0.2) is 4.98 Å². The van der Waals surface area contributed by atoms with E-state index in [2.05, 4.69) is 9.88 Å². The maximum absolute atomic E-state index is 7.41. The first-order valence-electron chi connectivity index (χ1n) is 6.26. The van der Waals surface area contributed by atoms with Crippen molar-refractivity contribution in [1.29, 1.82) is 5.41 Å². The number of amidine groups is 1. The van der Waals surface area contributed by atoms with E-state index in [9.17, 15) is 0 Å². The molecular formula is C13H20N4O. The Morgan fingerprint density at radius 2 is 2.22 bits per heavy atom. The Bertz CT molecular complexity index is 413. The largest absolute Gasteiger partial charge is 0.384 e. The number of nitrogens with two attached hydrogens (primary N) is 1. The molecule has 2 rings (SSSR count). The molecule has 5 heteroatoms. The number of nitrogen functional groups attached to an aromatic ring is 1. The van der Waals surface area contributed by atoms with Gasteiger partial charge in [-0.05, 0) is 30.9 Å². The summed E-state index contributed by atoms with van der Waals surface area (Å²) in [6, 6.07) is 5.65. The van der Waals surface area contributed by atoms with E-state index < -0.39 is 0 Å². The Labute approximate surface area is 107 Å². The lowest BCUT2D eigenvalue weighted by atomic mass is 9.98. The lowest BCUT2D eigenvalue weighted by Gasteiger charge is -2.32. The fraction of sp³-hybridized carbons (Fsp3) is 0.538. The molecule has 0 bridgehead atoms. The summed E-state index contributed by atoms with van der Waals surface area (Å²) in [7, 11) is 1.75. The third-order valence-electron chi connectivity index (χ3n) is 3.35. The standard InChI is InChI=1S/C13H20N4O/c1-18-9-10-5-7-17(8-6-10)12-4-2-3-11(16-12)13(14)15/h2-4,10H,5-9H2,1H3,(H3,14,15). The van der Waals surface area contributed by atoms with E-state index >= 15 is 0 Å². The average molecular weight is 248 g/mol. The van der Waals surface area contributed by atoms with Crippen molar-refractivity contribution < 1.29 is 4.74 Å². The molecule has 5 nitrogen and oxygen atoms in total. The van der Waals surface area contributed by atoms with Crippen molar-refractivity contribution in [1.82, 2.24) is 4.98 Å². The molecule has 1 aliphatic rings. The first kappa shape index (κ1) is 12.8. The topological polar surface area (TPSA) is 75.2 Å². The molecule has 1 fully saturated rings. The summed E-state index contributed by atoms with van der Waals surface area (Å²) in [5, 5.41) is 7.41. The molecule has 0 aromatic carbocycles. The normalized spacial score (nSPS) is 16.8. The van der Waals surface area contributed by atoms with Crippen molar-refractivity contribution in [2.75, 3.05) is 31.7 Å². The van der Waals surface area contributed by atoms with E-state index in [4.69, 9.17) is 15.9 Å². The van der Waals surface area contributed by atoms with Crippen LogP contribution in [-0.4, -0.2) is 37.6 Å². The summed E-state index contributed by atoms with van der Waals surface area (Å²) in [6.45, 7) is 2.82. The number of ether oxygens (including phenoxy) is 1. The zero-order valence-corrected chi connectivity index (χ0v) is 10.7. The molecule has 1 aliphatic heterocycles. The zero-order valence-electron chi connectivity index (χ0n) is 10.7. The van der Waals surface area contributed by atoms with Gasteiger partial charge in [-0.2, -0.15) is 0 Å². The Kier molecular flexibility index (Phi) is 4.15. The second-order valence-corrected chi connectivity index (χ2v) is 4.68. The minimum Gasteiger partial charge on any atom is -0.384 e. The van der Waals surface area contributed by atoms with Crippen molar-refractivity contribution in [3.05, 3.63) is 23.9 Å². The van der Waals surface area contributed by atoms with Gasteiger partial charge in [0.15, 0.2) is 0 Å². The fourth-order valence-electron chi connectivity index (χ4n) is 2.31. The Hall–Kier alpha value is -1.62. The second-order valence-electron chi connectivity index (χ2n) is 4.68. The van der Waals surface area contributed by atoms with Gasteiger partial charge in [-0.15, -0.1) is 0 Å². The smallest absolute Gasteiger partial charge is 0.141 e. The van der Waals surface area contributed by atoms with Gasteiger partial charge >= 0.3 is 0 Å². The van der Waals surface area contributed by atoms with Gasteiger partial charge in [-0.1, -0.05) is 6.07 Å². The van der Waals surface area contributed by atoms with Crippen LogP contribution in [0.3, 0.4) is 0 Å². The van der Waals surface area contributed by atoms with Crippen LogP contribution in [0.25, 0.3) is 0 Å². The number of anilines is 1. The predicted molar refractivity (Wildman–Crippen MR) is 72.1 cm³/mol. The average Bonchev–Trinajstić information content (AvgIpc) is 2.40. The summed E-state index contributed by atoms with van der Waals surface area (Å²) in [4.78, 5) is 6.66. The maximum atomic E-state index is 7.41. The minimum atomic E-state index is 0.0196. The number of nitrogens with one attached hydrogen (secondary N) is 1. The highest BCUT2D eigenvalue weighted by atomic mass is 16.5. The first-order valence-corrected chi connectivity index (χ1v) is 6.26. The van der Waals surface area contributed by atoms with Crippen LogP contribution in [0.4, 0.5) is 5.82 Å². The molecule has 3 N–H and O–H groups in total. The Morgan fingerprint density at radius 1 is 1.50 bits per heavy atom. The molecule has 0 atom stereocenters. The van der Waals surface area contributed by atoms with E-state index in [1.807, 2.05) is 12.1 Å². The van der Waals surface area contributed by atoms with Crippen molar-refractivity contribution in [2.24, 2.45) is 11.7 Å². The third-order valence-corrected chi connectivity index (χ3v) is 3.35. The maximum Gasteiger partial charge on any atom is 0.141 e. The van der Waals surface area contributed by atoms with Crippen LogP contribution in [0.5, 0.6) is 0 Å². The van der Waals surface area contributed by atoms with Gasteiger partial charge in [0, 0.05) is 26.8 Å². The summed E-state index contributed by atoms with van der Waals surface area (Å²) in [5.41, 5.74) is 6.01. The number of piperidine rings is 1. The van der Waals surface area contributed by atoms with Crippen LogP contribution >= 0.6 is 0 Å². The van der Waals surface area contributed by atoms with Crippen molar-refractivity contribution in [2.45, 2.75) is 12.8 Å². The number of hydrogen-bond acceptors (Lipinski definition) is 4. The van der Waals surface area contributed by atoms with E-state index in [1.54, 1.807) is 13.2 Å². The lowest BCUT2D eigenvalue weighted by Crippen LogP contribution is -2.35.